The largest absolute Gasteiger partial charge is 0.489 e. The van der Waals surface area contributed by atoms with Gasteiger partial charge in [-0.15, -0.1) is 22.9 Å². The molecule has 7 nitrogen and oxygen atoms in total. The Labute approximate surface area is 213 Å². The van der Waals surface area contributed by atoms with E-state index in [4.69, 9.17) is 32.7 Å². The lowest BCUT2D eigenvalue weighted by molar-refractivity contribution is 0.305. The van der Waals surface area contributed by atoms with Gasteiger partial charge in [0.15, 0.2) is 11.6 Å². The first-order valence-corrected chi connectivity index (χ1v) is 13.8. The highest BCUT2D eigenvalue weighted by atomic mass is 35.5. The molecule has 0 aliphatic rings. The SMILES string of the molecule is CC(C)(c1ccc(OCc2nc(NS(C)(=O)=O)cs2)cc1)c1cc(Cl)c(OCCCl)c(C#N)c1. The molecule has 0 aliphatic carbocycles. The maximum Gasteiger partial charge on any atom is 0.230 e. The maximum absolute atomic E-state index is 11.3. The molecule has 3 aromatic rings. The second kappa shape index (κ2) is 10.8. The highest BCUT2D eigenvalue weighted by Gasteiger charge is 2.26. The number of nitriles is 1. The van der Waals surface area contributed by atoms with Crippen LogP contribution >= 0.6 is 34.5 Å². The van der Waals surface area contributed by atoms with Crippen molar-refractivity contribution in [1.82, 2.24) is 4.98 Å². The van der Waals surface area contributed by atoms with E-state index in [1.165, 1.54) is 11.3 Å². The number of aromatic nitrogens is 1. The first-order valence-electron chi connectivity index (χ1n) is 10.1. The highest BCUT2D eigenvalue weighted by molar-refractivity contribution is 7.92. The van der Waals surface area contributed by atoms with E-state index in [2.05, 4.69) is 15.8 Å². The van der Waals surface area contributed by atoms with Crippen LogP contribution < -0.4 is 14.2 Å². The van der Waals surface area contributed by atoms with E-state index in [1.807, 2.05) is 38.1 Å². The van der Waals surface area contributed by atoms with Crippen LogP contribution in [0.1, 0.15) is 35.5 Å². The average Bonchev–Trinajstić information content (AvgIpc) is 3.22. The van der Waals surface area contributed by atoms with E-state index in [0.29, 0.717) is 33.0 Å². The molecule has 2 aromatic carbocycles. The van der Waals surface area contributed by atoms with Crippen molar-refractivity contribution >= 4 is 50.4 Å². The number of sulfonamides is 1. The molecule has 0 unspecified atom stereocenters. The van der Waals surface area contributed by atoms with E-state index in [9.17, 15) is 13.7 Å². The van der Waals surface area contributed by atoms with Gasteiger partial charge in [0.05, 0.1) is 22.7 Å². The smallest absolute Gasteiger partial charge is 0.230 e. The number of anilines is 1. The van der Waals surface area contributed by atoms with Gasteiger partial charge in [0.25, 0.3) is 0 Å². The molecule has 3 rings (SSSR count). The molecule has 1 aromatic heterocycles. The first-order chi connectivity index (χ1) is 16.0. The molecule has 1 heterocycles. The van der Waals surface area contributed by atoms with E-state index >= 15 is 0 Å². The van der Waals surface area contributed by atoms with E-state index in [-0.39, 0.29) is 19.0 Å². The molecule has 0 bridgehead atoms. The van der Waals surface area contributed by atoms with Gasteiger partial charge in [-0.1, -0.05) is 37.6 Å². The Kier molecular flexibility index (Phi) is 8.31. The molecule has 0 radical (unpaired) electrons. The lowest BCUT2D eigenvalue weighted by Crippen LogP contribution is -2.19. The number of nitrogens with zero attached hydrogens (tertiary/aromatic N) is 2. The molecule has 34 heavy (non-hydrogen) atoms. The molecule has 0 saturated heterocycles. The molecule has 0 aliphatic heterocycles. The monoisotopic (exact) mass is 539 g/mol. The molecule has 11 heteroatoms. The van der Waals surface area contributed by atoms with Crippen molar-refractivity contribution < 1.29 is 17.9 Å². The maximum atomic E-state index is 11.3. The average molecular weight is 540 g/mol. The summed E-state index contributed by atoms with van der Waals surface area (Å²) in [6, 6.07) is 13.3. The Hall–Kier alpha value is -2.51. The van der Waals surface area contributed by atoms with Crippen LogP contribution in [0.4, 0.5) is 5.82 Å². The van der Waals surface area contributed by atoms with Crippen LogP contribution in [-0.2, 0) is 22.0 Å². The molecule has 0 saturated carbocycles. The molecule has 0 fully saturated rings. The van der Waals surface area contributed by atoms with Crippen molar-refractivity contribution in [3.05, 3.63) is 68.5 Å². The van der Waals surface area contributed by atoms with Crippen LogP contribution in [0.2, 0.25) is 5.02 Å². The van der Waals surface area contributed by atoms with Crippen LogP contribution in [0.3, 0.4) is 0 Å². The number of rotatable bonds is 10. The van der Waals surface area contributed by atoms with Crippen molar-refractivity contribution in [2.45, 2.75) is 25.9 Å². The fourth-order valence-electron chi connectivity index (χ4n) is 3.22. The fourth-order valence-corrected chi connectivity index (χ4v) is 4.77. The normalized spacial score (nSPS) is 11.6. The summed E-state index contributed by atoms with van der Waals surface area (Å²) in [6.45, 7) is 4.56. The van der Waals surface area contributed by atoms with Gasteiger partial charge in [0.2, 0.25) is 10.0 Å². The zero-order chi connectivity index (χ0) is 24.9. The summed E-state index contributed by atoms with van der Waals surface area (Å²) >= 11 is 13.4. The topological polar surface area (TPSA) is 101 Å². The molecule has 0 amide bonds. The van der Waals surface area contributed by atoms with Crippen LogP contribution in [0.25, 0.3) is 0 Å². The number of benzene rings is 2. The molecular formula is C23H23Cl2N3O4S2. The number of hydrogen-bond donors (Lipinski definition) is 1. The zero-order valence-electron chi connectivity index (χ0n) is 18.8. The predicted octanol–water partition coefficient (Wildman–Crippen LogP) is 5.56. The minimum absolute atomic E-state index is 0.212. The minimum Gasteiger partial charge on any atom is -0.489 e. The number of alkyl halides is 1. The predicted molar refractivity (Wildman–Crippen MR) is 136 cm³/mol. The summed E-state index contributed by atoms with van der Waals surface area (Å²) in [4.78, 5) is 4.20. The van der Waals surface area contributed by atoms with Gasteiger partial charge in [-0.05, 0) is 35.4 Å². The van der Waals surface area contributed by atoms with E-state index in [1.54, 1.807) is 17.5 Å². The second-order valence-electron chi connectivity index (χ2n) is 7.92. The Morgan fingerprint density at radius 3 is 2.50 bits per heavy atom. The van der Waals surface area contributed by atoms with Gasteiger partial charge in [0.1, 0.15) is 30.0 Å². The van der Waals surface area contributed by atoms with Crippen LogP contribution in [0.5, 0.6) is 11.5 Å². The molecule has 180 valence electrons. The van der Waals surface area contributed by atoms with Crippen molar-refractivity contribution in [1.29, 1.82) is 5.26 Å². The van der Waals surface area contributed by atoms with Crippen molar-refractivity contribution in [3.8, 4) is 17.6 Å². The van der Waals surface area contributed by atoms with Gasteiger partial charge < -0.3 is 9.47 Å². The van der Waals surface area contributed by atoms with Crippen LogP contribution in [0, 0.1) is 11.3 Å². The van der Waals surface area contributed by atoms with Gasteiger partial charge in [-0.3, -0.25) is 4.72 Å². The molecule has 1 N–H and O–H groups in total. The van der Waals surface area contributed by atoms with Gasteiger partial charge in [0, 0.05) is 10.8 Å². The number of thiazole rings is 1. The third kappa shape index (κ3) is 6.54. The van der Waals surface area contributed by atoms with Crippen molar-refractivity contribution in [2.75, 3.05) is 23.5 Å². The summed E-state index contributed by atoms with van der Waals surface area (Å²) in [5.41, 5.74) is 1.78. The molecule has 0 atom stereocenters. The van der Waals surface area contributed by atoms with Gasteiger partial charge in [-0.2, -0.15) is 5.26 Å². The summed E-state index contributed by atoms with van der Waals surface area (Å²) in [5.74, 6) is 1.56. The Bertz CT molecular complexity index is 1300. The number of halogens is 2. The lowest BCUT2D eigenvalue weighted by Gasteiger charge is -2.27. The third-order valence-corrected chi connectivity index (χ3v) is 6.83. The molecule has 0 spiro atoms. The van der Waals surface area contributed by atoms with Gasteiger partial charge >= 0.3 is 0 Å². The van der Waals surface area contributed by atoms with Crippen molar-refractivity contribution in [2.24, 2.45) is 0 Å². The highest BCUT2D eigenvalue weighted by Crippen LogP contribution is 2.38. The van der Waals surface area contributed by atoms with Crippen molar-refractivity contribution in [3.63, 3.8) is 0 Å². The Morgan fingerprint density at radius 1 is 1.18 bits per heavy atom. The number of nitrogens with one attached hydrogen (secondary N) is 1. The number of ether oxygens (including phenoxy) is 2. The zero-order valence-corrected chi connectivity index (χ0v) is 21.9. The lowest BCUT2D eigenvalue weighted by atomic mass is 9.77. The fraction of sp³-hybridized carbons (Fsp3) is 0.304. The summed E-state index contributed by atoms with van der Waals surface area (Å²) in [7, 11) is -3.37. The first kappa shape index (κ1) is 26.1. The van der Waals surface area contributed by atoms with Crippen LogP contribution in [-0.4, -0.2) is 32.1 Å². The second-order valence-corrected chi connectivity index (χ2v) is 11.4. The van der Waals surface area contributed by atoms with Gasteiger partial charge in [-0.25, -0.2) is 13.4 Å². The van der Waals surface area contributed by atoms with E-state index < -0.39 is 15.4 Å². The standard InChI is InChI=1S/C23H23Cl2N3O4S2/c1-23(2,17-10-15(12-26)22(19(25)11-17)31-9-8-24)16-4-6-18(7-5-16)32-13-21-27-20(14-33-21)28-34(3,29)30/h4-7,10-11,14,28H,8-9,13H2,1-3H3. The summed E-state index contributed by atoms with van der Waals surface area (Å²) in [5, 5.41) is 12.2. The molecular weight excluding hydrogens is 517 g/mol. The number of hydrogen-bond acceptors (Lipinski definition) is 7. The van der Waals surface area contributed by atoms with Crippen LogP contribution in [0.15, 0.2) is 41.8 Å². The minimum atomic E-state index is -3.37. The Morgan fingerprint density at radius 2 is 1.88 bits per heavy atom. The summed E-state index contributed by atoms with van der Waals surface area (Å²) < 4.78 is 36.3. The Balaban J connectivity index is 1.73. The third-order valence-electron chi connectivity index (χ3n) is 4.99. The summed E-state index contributed by atoms with van der Waals surface area (Å²) in [6.07, 6.45) is 1.07. The van der Waals surface area contributed by atoms with E-state index in [0.717, 1.165) is 17.4 Å². The quantitative estimate of drug-likeness (QED) is 0.338.